The molecule has 0 radical (unpaired) electrons. The molecule has 1 saturated carbocycles. The monoisotopic (exact) mass is 253 g/mol. The van der Waals surface area contributed by atoms with Crippen molar-refractivity contribution in [2.45, 2.75) is 64.1 Å². The van der Waals surface area contributed by atoms with Crippen LogP contribution >= 0.6 is 0 Å². The maximum absolute atomic E-state index is 3.76. The maximum atomic E-state index is 3.76. The van der Waals surface area contributed by atoms with Crippen molar-refractivity contribution in [3.8, 4) is 0 Å². The Bertz CT molecular complexity index is 243. The van der Waals surface area contributed by atoms with Crippen LogP contribution in [0.15, 0.2) is 0 Å². The van der Waals surface area contributed by atoms with Crippen molar-refractivity contribution in [2.75, 3.05) is 33.2 Å². The smallest absolute Gasteiger partial charge is 0.0113 e. The highest BCUT2D eigenvalue weighted by Gasteiger charge is 2.28. The van der Waals surface area contributed by atoms with Crippen LogP contribution in [-0.4, -0.2) is 60.6 Å². The highest BCUT2D eigenvalue weighted by atomic mass is 15.3. The Morgan fingerprint density at radius 2 is 1.44 bits per heavy atom. The molecule has 0 amide bonds. The number of piperazine rings is 1. The molecule has 0 unspecified atom stereocenters. The first-order chi connectivity index (χ1) is 8.44. The molecule has 2 aliphatic rings. The normalized spacial score (nSPS) is 32.7. The molecule has 1 N–H and O–H groups in total. The van der Waals surface area contributed by atoms with E-state index in [4.69, 9.17) is 0 Å². The summed E-state index contributed by atoms with van der Waals surface area (Å²) in [4.78, 5) is 5.18. The summed E-state index contributed by atoms with van der Waals surface area (Å²) in [5.41, 5.74) is 0.269. The lowest BCUT2D eigenvalue weighted by Crippen LogP contribution is -2.52. The zero-order valence-electron chi connectivity index (χ0n) is 12.7. The third kappa shape index (κ3) is 4.22. The summed E-state index contributed by atoms with van der Waals surface area (Å²) in [6.45, 7) is 11.9. The first-order valence-electron chi connectivity index (χ1n) is 7.64. The van der Waals surface area contributed by atoms with Crippen molar-refractivity contribution in [3.05, 3.63) is 0 Å². The van der Waals surface area contributed by atoms with Crippen molar-refractivity contribution in [3.63, 3.8) is 0 Å². The molecule has 0 bridgehead atoms. The first-order valence-corrected chi connectivity index (χ1v) is 7.64. The molecular formula is C15H31N3. The van der Waals surface area contributed by atoms with Crippen molar-refractivity contribution in [2.24, 2.45) is 0 Å². The van der Waals surface area contributed by atoms with Gasteiger partial charge in [-0.3, -0.25) is 4.90 Å². The Kier molecular flexibility index (Phi) is 4.68. The van der Waals surface area contributed by atoms with Gasteiger partial charge >= 0.3 is 0 Å². The average molecular weight is 253 g/mol. The van der Waals surface area contributed by atoms with Gasteiger partial charge in [0.2, 0.25) is 0 Å². The van der Waals surface area contributed by atoms with Gasteiger partial charge in [-0.25, -0.2) is 0 Å². The average Bonchev–Trinajstić information content (AvgIpc) is 2.29. The molecule has 0 spiro atoms. The predicted molar refractivity (Wildman–Crippen MR) is 78.0 cm³/mol. The molecule has 1 aliphatic carbocycles. The van der Waals surface area contributed by atoms with E-state index < -0.39 is 0 Å². The third-order valence-corrected chi connectivity index (χ3v) is 4.39. The molecule has 0 aromatic heterocycles. The highest BCUT2D eigenvalue weighted by Crippen LogP contribution is 2.25. The van der Waals surface area contributed by atoms with E-state index in [1.54, 1.807) is 0 Å². The molecule has 3 nitrogen and oxygen atoms in total. The third-order valence-electron chi connectivity index (χ3n) is 4.39. The second kappa shape index (κ2) is 5.89. The van der Waals surface area contributed by atoms with E-state index in [9.17, 15) is 0 Å². The zero-order chi connectivity index (χ0) is 13.2. The van der Waals surface area contributed by atoms with Gasteiger partial charge in [-0.15, -0.1) is 0 Å². The summed E-state index contributed by atoms with van der Waals surface area (Å²) < 4.78 is 0. The SMILES string of the molecule is CN1CCN([C@H]2CC[C@@H](NC(C)(C)C)CC2)CC1. The largest absolute Gasteiger partial charge is 0.309 e. The fourth-order valence-electron chi connectivity index (χ4n) is 3.38. The predicted octanol–water partition coefficient (Wildman–Crippen LogP) is 1.93. The summed E-state index contributed by atoms with van der Waals surface area (Å²) in [7, 11) is 2.24. The number of hydrogen-bond donors (Lipinski definition) is 1. The summed E-state index contributed by atoms with van der Waals surface area (Å²) in [5, 5.41) is 3.76. The van der Waals surface area contributed by atoms with Gasteiger partial charge in [0.1, 0.15) is 0 Å². The van der Waals surface area contributed by atoms with Gasteiger partial charge in [-0.2, -0.15) is 0 Å². The minimum absolute atomic E-state index is 0.269. The van der Waals surface area contributed by atoms with Crippen LogP contribution in [0.25, 0.3) is 0 Å². The van der Waals surface area contributed by atoms with Gasteiger partial charge in [0.05, 0.1) is 0 Å². The van der Waals surface area contributed by atoms with Crippen LogP contribution in [0.1, 0.15) is 46.5 Å². The van der Waals surface area contributed by atoms with Crippen LogP contribution in [0.4, 0.5) is 0 Å². The first kappa shape index (κ1) is 14.3. The maximum Gasteiger partial charge on any atom is 0.0113 e. The Morgan fingerprint density at radius 1 is 0.889 bits per heavy atom. The molecule has 2 fully saturated rings. The molecule has 0 aromatic carbocycles. The van der Waals surface area contributed by atoms with E-state index in [2.05, 4.69) is 42.9 Å². The van der Waals surface area contributed by atoms with E-state index in [1.165, 1.54) is 51.9 Å². The van der Waals surface area contributed by atoms with Crippen molar-refractivity contribution >= 4 is 0 Å². The Hall–Kier alpha value is -0.120. The van der Waals surface area contributed by atoms with E-state index >= 15 is 0 Å². The quantitative estimate of drug-likeness (QED) is 0.811. The second-order valence-electron chi connectivity index (χ2n) is 7.24. The van der Waals surface area contributed by atoms with Gasteiger partial charge in [-0.05, 0) is 53.5 Å². The number of hydrogen-bond acceptors (Lipinski definition) is 3. The molecule has 18 heavy (non-hydrogen) atoms. The Morgan fingerprint density at radius 3 is 1.94 bits per heavy atom. The lowest BCUT2D eigenvalue weighted by Gasteiger charge is -2.42. The Balaban J connectivity index is 1.73. The molecule has 2 rings (SSSR count). The minimum atomic E-state index is 0.269. The van der Waals surface area contributed by atoms with Crippen LogP contribution < -0.4 is 5.32 Å². The van der Waals surface area contributed by atoms with Crippen LogP contribution in [0, 0.1) is 0 Å². The summed E-state index contributed by atoms with van der Waals surface area (Å²) in [6, 6.07) is 1.60. The molecule has 106 valence electrons. The number of rotatable bonds is 2. The minimum Gasteiger partial charge on any atom is -0.309 e. The molecule has 1 heterocycles. The topological polar surface area (TPSA) is 18.5 Å². The lowest BCUT2D eigenvalue weighted by molar-refractivity contribution is 0.0829. The standard InChI is InChI=1S/C15H31N3/c1-15(2,3)16-13-5-7-14(8-6-13)18-11-9-17(4)10-12-18/h13-14,16H,5-12H2,1-4H3/t13-,14+. The summed E-state index contributed by atoms with van der Waals surface area (Å²) in [6.07, 6.45) is 5.48. The molecule has 0 aromatic rings. The van der Waals surface area contributed by atoms with Crippen LogP contribution in [0.2, 0.25) is 0 Å². The number of likely N-dealkylation sites (N-methyl/N-ethyl adjacent to an activating group) is 1. The summed E-state index contributed by atoms with van der Waals surface area (Å²) >= 11 is 0. The van der Waals surface area contributed by atoms with Gasteiger partial charge in [-0.1, -0.05) is 0 Å². The van der Waals surface area contributed by atoms with Crippen LogP contribution in [-0.2, 0) is 0 Å². The van der Waals surface area contributed by atoms with E-state index in [1.807, 2.05) is 0 Å². The molecular weight excluding hydrogens is 222 g/mol. The molecule has 3 heteroatoms. The molecule has 1 aliphatic heterocycles. The van der Waals surface area contributed by atoms with E-state index in [0.717, 1.165) is 12.1 Å². The van der Waals surface area contributed by atoms with Crippen LogP contribution in [0.5, 0.6) is 0 Å². The fourth-order valence-corrected chi connectivity index (χ4v) is 3.38. The van der Waals surface area contributed by atoms with Gasteiger partial charge in [0.15, 0.2) is 0 Å². The summed E-state index contributed by atoms with van der Waals surface area (Å²) in [5.74, 6) is 0. The lowest BCUT2D eigenvalue weighted by atomic mass is 9.88. The van der Waals surface area contributed by atoms with E-state index in [-0.39, 0.29) is 5.54 Å². The molecule has 0 atom stereocenters. The van der Waals surface area contributed by atoms with Gasteiger partial charge in [0.25, 0.3) is 0 Å². The van der Waals surface area contributed by atoms with Crippen molar-refractivity contribution in [1.82, 2.24) is 15.1 Å². The van der Waals surface area contributed by atoms with Crippen molar-refractivity contribution < 1.29 is 0 Å². The molecule has 1 saturated heterocycles. The van der Waals surface area contributed by atoms with Crippen LogP contribution in [0.3, 0.4) is 0 Å². The van der Waals surface area contributed by atoms with Crippen molar-refractivity contribution in [1.29, 1.82) is 0 Å². The highest BCUT2D eigenvalue weighted by molar-refractivity contribution is 4.87. The fraction of sp³-hybridized carbons (Fsp3) is 1.00. The van der Waals surface area contributed by atoms with Gasteiger partial charge < -0.3 is 10.2 Å². The number of nitrogens with zero attached hydrogens (tertiary/aromatic N) is 2. The second-order valence-corrected chi connectivity index (χ2v) is 7.24. The van der Waals surface area contributed by atoms with E-state index in [0.29, 0.717) is 0 Å². The van der Waals surface area contributed by atoms with Gasteiger partial charge in [0, 0.05) is 43.8 Å². The Labute approximate surface area is 113 Å². The number of nitrogens with one attached hydrogen (secondary N) is 1. The zero-order valence-corrected chi connectivity index (χ0v) is 12.7.